The van der Waals surface area contributed by atoms with Gasteiger partial charge in [0.25, 0.3) is 0 Å². The molecule has 3 nitrogen and oxygen atoms in total. The van der Waals surface area contributed by atoms with Gasteiger partial charge in [-0.25, -0.2) is 0 Å². The second-order valence-corrected chi connectivity index (χ2v) is 3.78. The minimum Gasteiger partial charge on any atom is -0.379 e. The van der Waals surface area contributed by atoms with Gasteiger partial charge in [0.05, 0.1) is 19.3 Å². The van der Waals surface area contributed by atoms with Gasteiger partial charge in [-0.2, -0.15) is 0 Å². The van der Waals surface area contributed by atoms with Crippen molar-refractivity contribution in [3.63, 3.8) is 0 Å². The molecule has 0 N–H and O–H groups in total. The second kappa shape index (κ2) is 8.89. The van der Waals surface area contributed by atoms with Crippen LogP contribution in [0, 0.1) is 0 Å². The van der Waals surface area contributed by atoms with Gasteiger partial charge in [-0.05, 0) is 25.7 Å². The number of rotatable bonds is 9. The maximum atomic E-state index is 5.52. The van der Waals surface area contributed by atoms with E-state index in [1.807, 2.05) is 0 Å². The van der Waals surface area contributed by atoms with E-state index < -0.39 is 0 Å². The summed E-state index contributed by atoms with van der Waals surface area (Å²) in [6, 6.07) is 0. The fraction of sp³-hybridized carbons (Fsp3) is 0.833. The van der Waals surface area contributed by atoms with E-state index >= 15 is 0 Å². The lowest BCUT2D eigenvalue weighted by atomic mass is 10.2. The van der Waals surface area contributed by atoms with Crippen LogP contribution in [0.2, 0.25) is 0 Å². The molecule has 1 saturated heterocycles. The molecular weight excluding hydrogens is 192 g/mol. The van der Waals surface area contributed by atoms with E-state index in [1.54, 1.807) is 6.08 Å². The molecule has 1 unspecified atom stereocenters. The summed E-state index contributed by atoms with van der Waals surface area (Å²) >= 11 is 0. The van der Waals surface area contributed by atoms with Gasteiger partial charge in [0.2, 0.25) is 0 Å². The predicted molar refractivity (Wildman–Crippen MR) is 60.0 cm³/mol. The molecule has 88 valence electrons. The first-order chi connectivity index (χ1) is 7.43. The van der Waals surface area contributed by atoms with Crippen molar-refractivity contribution >= 4 is 0 Å². The molecule has 0 bridgehead atoms. The average molecular weight is 214 g/mol. The molecule has 1 aliphatic rings. The Morgan fingerprint density at radius 3 is 2.73 bits per heavy atom. The minimum atomic E-state index is 0.349. The highest BCUT2D eigenvalue weighted by Gasteiger charge is 2.14. The summed E-state index contributed by atoms with van der Waals surface area (Å²) in [6.45, 7) is 7.52. The maximum absolute atomic E-state index is 5.52. The maximum Gasteiger partial charge on any atom is 0.0809 e. The summed E-state index contributed by atoms with van der Waals surface area (Å²) in [6.07, 6.45) is 6.57. The Hall–Kier alpha value is -0.380. The van der Waals surface area contributed by atoms with E-state index in [9.17, 15) is 0 Å². The molecule has 0 radical (unpaired) electrons. The van der Waals surface area contributed by atoms with Crippen LogP contribution >= 0.6 is 0 Å². The Balaban J connectivity index is 1.74. The summed E-state index contributed by atoms with van der Waals surface area (Å²) in [5.74, 6) is 0. The smallest absolute Gasteiger partial charge is 0.0809 e. The van der Waals surface area contributed by atoms with E-state index in [0.29, 0.717) is 12.7 Å². The van der Waals surface area contributed by atoms with Crippen molar-refractivity contribution in [1.82, 2.24) is 0 Å². The molecule has 0 aromatic heterocycles. The molecule has 1 heterocycles. The van der Waals surface area contributed by atoms with Crippen LogP contribution in [0.1, 0.15) is 25.7 Å². The molecule has 1 atom stereocenters. The van der Waals surface area contributed by atoms with Gasteiger partial charge >= 0.3 is 0 Å². The van der Waals surface area contributed by atoms with E-state index in [1.165, 1.54) is 6.42 Å². The van der Waals surface area contributed by atoms with Gasteiger partial charge in [-0.3, -0.25) is 0 Å². The van der Waals surface area contributed by atoms with Crippen molar-refractivity contribution in [3.05, 3.63) is 12.7 Å². The Labute approximate surface area is 92.4 Å². The van der Waals surface area contributed by atoms with E-state index in [-0.39, 0.29) is 0 Å². The lowest BCUT2D eigenvalue weighted by molar-refractivity contribution is 0.0146. The highest BCUT2D eigenvalue weighted by Crippen LogP contribution is 2.11. The summed E-state index contributed by atoms with van der Waals surface area (Å²) in [5, 5.41) is 0. The molecule has 1 fully saturated rings. The molecule has 1 rings (SSSR count). The Morgan fingerprint density at radius 2 is 2.07 bits per heavy atom. The van der Waals surface area contributed by atoms with E-state index in [2.05, 4.69) is 6.58 Å². The van der Waals surface area contributed by atoms with Crippen LogP contribution in [-0.4, -0.2) is 39.1 Å². The molecule has 0 amide bonds. The van der Waals surface area contributed by atoms with Gasteiger partial charge in [0, 0.05) is 19.8 Å². The van der Waals surface area contributed by atoms with Crippen LogP contribution in [0.15, 0.2) is 12.7 Å². The quantitative estimate of drug-likeness (QED) is 0.435. The molecule has 0 saturated carbocycles. The minimum absolute atomic E-state index is 0.349. The monoisotopic (exact) mass is 214 g/mol. The fourth-order valence-electron chi connectivity index (χ4n) is 1.57. The zero-order chi connectivity index (χ0) is 10.8. The standard InChI is InChI=1S/C12H22O3/c1-2-7-13-8-3-4-9-14-11-12-6-5-10-15-12/h2,12H,1,3-11H2. The molecule has 0 aromatic rings. The fourth-order valence-corrected chi connectivity index (χ4v) is 1.57. The number of ether oxygens (including phenoxy) is 3. The first-order valence-corrected chi connectivity index (χ1v) is 5.81. The Kier molecular flexibility index (Phi) is 7.52. The van der Waals surface area contributed by atoms with Crippen molar-refractivity contribution in [2.45, 2.75) is 31.8 Å². The molecule has 1 aliphatic heterocycles. The van der Waals surface area contributed by atoms with Crippen molar-refractivity contribution in [2.75, 3.05) is 33.0 Å². The van der Waals surface area contributed by atoms with Crippen molar-refractivity contribution in [2.24, 2.45) is 0 Å². The largest absolute Gasteiger partial charge is 0.379 e. The van der Waals surface area contributed by atoms with Gasteiger partial charge in [-0.15, -0.1) is 6.58 Å². The normalized spacial score (nSPS) is 20.7. The van der Waals surface area contributed by atoms with Crippen LogP contribution in [0.5, 0.6) is 0 Å². The van der Waals surface area contributed by atoms with E-state index in [4.69, 9.17) is 14.2 Å². The van der Waals surface area contributed by atoms with Gasteiger partial charge < -0.3 is 14.2 Å². The van der Waals surface area contributed by atoms with Crippen LogP contribution in [0.4, 0.5) is 0 Å². The summed E-state index contributed by atoms with van der Waals surface area (Å²) in [4.78, 5) is 0. The third-order valence-electron chi connectivity index (χ3n) is 2.39. The van der Waals surface area contributed by atoms with Gasteiger partial charge in [0.1, 0.15) is 0 Å². The zero-order valence-corrected chi connectivity index (χ0v) is 9.45. The van der Waals surface area contributed by atoms with Crippen molar-refractivity contribution < 1.29 is 14.2 Å². The third kappa shape index (κ3) is 6.66. The summed E-state index contributed by atoms with van der Waals surface area (Å²) < 4.78 is 16.2. The molecule has 0 spiro atoms. The van der Waals surface area contributed by atoms with Crippen molar-refractivity contribution in [1.29, 1.82) is 0 Å². The van der Waals surface area contributed by atoms with Gasteiger partial charge in [0.15, 0.2) is 0 Å². The summed E-state index contributed by atoms with van der Waals surface area (Å²) in [7, 11) is 0. The van der Waals surface area contributed by atoms with Crippen molar-refractivity contribution in [3.8, 4) is 0 Å². The average Bonchev–Trinajstić information content (AvgIpc) is 2.75. The second-order valence-electron chi connectivity index (χ2n) is 3.78. The number of hydrogen-bond donors (Lipinski definition) is 0. The third-order valence-corrected chi connectivity index (χ3v) is 2.39. The summed E-state index contributed by atoms with van der Waals surface area (Å²) in [5.41, 5.74) is 0. The predicted octanol–water partition coefficient (Wildman–Crippen LogP) is 2.16. The number of hydrogen-bond acceptors (Lipinski definition) is 3. The highest BCUT2D eigenvalue weighted by atomic mass is 16.5. The lowest BCUT2D eigenvalue weighted by Crippen LogP contribution is -2.14. The van der Waals surface area contributed by atoms with Crippen LogP contribution in [0.25, 0.3) is 0 Å². The Morgan fingerprint density at radius 1 is 1.27 bits per heavy atom. The van der Waals surface area contributed by atoms with Gasteiger partial charge in [-0.1, -0.05) is 6.08 Å². The lowest BCUT2D eigenvalue weighted by Gasteiger charge is -2.09. The highest BCUT2D eigenvalue weighted by molar-refractivity contribution is 4.64. The first kappa shape index (κ1) is 12.7. The molecule has 15 heavy (non-hydrogen) atoms. The zero-order valence-electron chi connectivity index (χ0n) is 9.45. The number of unbranched alkanes of at least 4 members (excludes halogenated alkanes) is 1. The molecule has 0 aromatic carbocycles. The van der Waals surface area contributed by atoms with E-state index in [0.717, 1.165) is 45.7 Å². The molecule has 0 aliphatic carbocycles. The molecule has 3 heteroatoms. The topological polar surface area (TPSA) is 27.7 Å². The van der Waals surface area contributed by atoms with Crippen LogP contribution in [-0.2, 0) is 14.2 Å². The first-order valence-electron chi connectivity index (χ1n) is 5.81. The SMILES string of the molecule is C=CCOCCCCOCC1CCCO1. The van der Waals surface area contributed by atoms with Crippen LogP contribution < -0.4 is 0 Å². The Bertz CT molecular complexity index is 153. The van der Waals surface area contributed by atoms with Crippen LogP contribution in [0.3, 0.4) is 0 Å². The molecular formula is C12H22O3.